The summed E-state index contributed by atoms with van der Waals surface area (Å²) in [6.45, 7) is 4.55. The monoisotopic (exact) mass is 240 g/mol. The van der Waals surface area contributed by atoms with Crippen molar-refractivity contribution in [3.63, 3.8) is 0 Å². The van der Waals surface area contributed by atoms with Crippen molar-refractivity contribution >= 4 is 5.97 Å². The van der Waals surface area contributed by atoms with Gasteiger partial charge in [-0.05, 0) is 27.1 Å². The Morgan fingerprint density at radius 1 is 1.59 bits per heavy atom. The Hall–Kier alpha value is -1.33. The van der Waals surface area contributed by atoms with Crippen molar-refractivity contribution in [1.82, 2.24) is 10.2 Å². The van der Waals surface area contributed by atoms with Crippen LogP contribution in [0, 0.1) is 0 Å². The van der Waals surface area contributed by atoms with Crippen LogP contribution in [0.1, 0.15) is 23.0 Å². The lowest BCUT2D eigenvalue weighted by Gasteiger charge is -2.15. The molecule has 1 heterocycles. The van der Waals surface area contributed by atoms with Crippen LogP contribution in [0.4, 0.5) is 0 Å². The van der Waals surface area contributed by atoms with Crippen LogP contribution in [-0.2, 0) is 11.3 Å². The van der Waals surface area contributed by atoms with Crippen LogP contribution >= 0.6 is 0 Å². The van der Waals surface area contributed by atoms with E-state index in [-0.39, 0.29) is 5.97 Å². The predicted octanol–water partition coefficient (Wildman–Crippen LogP) is 1.11. The summed E-state index contributed by atoms with van der Waals surface area (Å²) in [5.74, 6) is 0.334. The third-order valence-electron chi connectivity index (χ3n) is 2.40. The second-order valence-corrected chi connectivity index (χ2v) is 3.82. The molecular formula is C12H20N2O3. The number of carbonyl (C=O) groups is 1. The van der Waals surface area contributed by atoms with Crippen molar-refractivity contribution in [3.05, 3.63) is 23.7 Å². The molecule has 17 heavy (non-hydrogen) atoms. The van der Waals surface area contributed by atoms with Crippen LogP contribution < -0.4 is 5.32 Å². The molecule has 5 nitrogen and oxygen atoms in total. The average Bonchev–Trinajstić information content (AvgIpc) is 2.75. The molecule has 0 aliphatic heterocycles. The Morgan fingerprint density at radius 2 is 2.35 bits per heavy atom. The third kappa shape index (κ3) is 4.20. The molecular weight excluding hydrogens is 220 g/mol. The van der Waals surface area contributed by atoms with E-state index in [0.717, 1.165) is 13.1 Å². The molecule has 0 atom stereocenters. The number of carbonyl (C=O) groups excluding carboxylic acids is 1. The molecule has 1 N–H and O–H groups in total. The summed E-state index contributed by atoms with van der Waals surface area (Å²) >= 11 is 0. The van der Waals surface area contributed by atoms with Gasteiger partial charge in [-0.25, -0.2) is 4.79 Å². The molecule has 1 rings (SSSR count). The first-order chi connectivity index (χ1) is 8.19. The maximum absolute atomic E-state index is 11.6. The summed E-state index contributed by atoms with van der Waals surface area (Å²) in [6, 6.07) is 1.65. The Morgan fingerprint density at radius 3 is 3.00 bits per heavy atom. The van der Waals surface area contributed by atoms with Gasteiger partial charge in [0.25, 0.3) is 0 Å². The molecule has 1 aromatic rings. The lowest BCUT2D eigenvalue weighted by atomic mass is 10.2. The van der Waals surface area contributed by atoms with Gasteiger partial charge < -0.3 is 14.5 Å². The highest BCUT2D eigenvalue weighted by Crippen LogP contribution is 2.13. The van der Waals surface area contributed by atoms with E-state index >= 15 is 0 Å². The Kier molecular flexibility index (Phi) is 5.72. The van der Waals surface area contributed by atoms with Crippen molar-refractivity contribution in [2.24, 2.45) is 0 Å². The van der Waals surface area contributed by atoms with E-state index in [0.29, 0.717) is 24.5 Å². The first-order valence-corrected chi connectivity index (χ1v) is 5.75. The maximum atomic E-state index is 11.6. The van der Waals surface area contributed by atoms with Gasteiger partial charge in [0.1, 0.15) is 11.3 Å². The minimum atomic E-state index is -0.321. The molecule has 0 saturated heterocycles. The lowest BCUT2D eigenvalue weighted by molar-refractivity contribution is 0.0522. The van der Waals surface area contributed by atoms with Gasteiger partial charge in [0.2, 0.25) is 0 Å². The second-order valence-electron chi connectivity index (χ2n) is 3.82. The smallest absolute Gasteiger partial charge is 0.341 e. The van der Waals surface area contributed by atoms with E-state index in [1.807, 2.05) is 14.1 Å². The van der Waals surface area contributed by atoms with Gasteiger partial charge >= 0.3 is 5.97 Å². The molecule has 0 radical (unpaired) electrons. The Balaban J connectivity index is 2.59. The standard InChI is InChI=1S/C12H20N2O3/c1-4-16-12(15)10-5-8-17-11(10)9-14(3)7-6-13-2/h5,8,13H,4,6-7,9H2,1-3H3. The third-order valence-corrected chi connectivity index (χ3v) is 2.40. The summed E-state index contributed by atoms with van der Waals surface area (Å²) in [4.78, 5) is 13.7. The number of hydrogen-bond acceptors (Lipinski definition) is 5. The van der Waals surface area contributed by atoms with E-state index < -0.39 is 0 Å². The van der Waals surface area contributed by atoms with Crippen molar-refractivity contribution in [2.45, 2.75) is 13.5 Å². The van der Waals surface area contributed by atoms with E-state index in [4.69, 9.17) is 9.15 Å². The molecule has 0 aromatic carbocycles. The number of nitrogens with zero attached hydrogens (tertiary/aromatic N) is 1. The number of ether oxygens (including phenoxy) is 1. The maximum Gasteiger partial charge on any atom is 0.341 e. The largest absolute Gasteiger partial charge is 0.467 e. The average molecular weight is 240 g/mol. The fraction of sp³-hybridized carbons (Fsp3) is 0.583. The number of esters is 1. The molecule has 0 aliphatic rings. The number of hydrogen-bond donors (Lipinski definition) is 1. The highest BCUT2D eigenvalue weighted by Gasteiger charge is 2.16. The van der Waals surface area contributed by atoms with Crippen molar-refractivity contribution in [3.8, 4) is 0 Å². The minimum Gasteiger partial charge on any atom is -0.467 e. The second kappa shape index (κ2) is 7.09. The SMILES string of the molecule is CCOC(=O)c1ccoc1CN(C)CCNC. The van der Waals surface area contributed by atoms with Crippen LogP contribution in [0.3, 0.4) is 0 Å². The molecule has 0 unspecified atom stereocenters. The van der Waals surface area contributed by atoms with E-state index in [1.54, 1.807) is 13.0 Å². The highest BCUT2D eigenvalue weighted by molar-refractivity contribution is 5.90. The molecule has 96 valence electrons. The number of likely N-dealkylation sites (N-methyl/N-ethyl adjacent to an activating group) is 2. The Labute approximate surface area is 102 Å². The molecule has 0 spiro atoms. The van der Waals surface area contributed by atoms with E-state index in [2.05, 4.69) is 10.2 Å². The summed E-state index contributed by atoms with van der Waals surface area (Å²) in [7, 11) is 3.89. The minimum absolute atomic E-state index is 0.321. The van der Waals surface area contributed by atoms with Gasteiger partial charge in [0, 0.05) is 13.1 Å². The molecule has 0 amide bonds. The van der Waals surface area contributed by atoms with Gasteiger partial charge in [-0.15, -0.1) is 0 Å². The molecule has 5 heteroatoms. The van der Waals surface area contributed by atoms with Crippen LogP contribution in [0.25, 0.3) is 0 Å². The zero-order valence-electron chi connectivity index (χ0n) is 10.7. The van der Waals surface area contributed by atoms with Crippen LogP contribution in [0.2, 0.25) is 0 Å². The normalized spacial score (nSPS) is 10.8. The van der Waals surface area contributed by atoms with Gasteiger partial charge in [-0.3, -0.25) is 4.90 Å². The van der Waals surface area contributed by atoms with Crippen molar-refractivity contribution in [2.75, 3.05) is 33.8 Å². The topological polar surface area (TPSA) is 54.7 Å². The summed E-state index contributed by atoms with van der Waals surface area (Å²) in [5, 5.41) is 3.07. The molecule has 1 aromatic heterocycles. The summed E-state index contributed by atoms with van der Waals surface area (Å²) < 4.78 is 10.3. The lowest BCUT2D eigenvalue weighted by Crippen LogP contribution is -2.27. The van der Waals surface area contributed by atoms with Crippen molar-refractivity contribution in [1.29, 1.82) is 0 Å². The van der Waals surface area contributed by atoms with E-state index in [1.165, 1.54) is 6.26 Å². The first kappa shape index (κ1) is 13.7. The van der Waals surface area contributed by atoms with Crippen LogP contribution in [0.15, 0.2) is 16.7 Å². The molecule has 0 bridgehead atoms. The van der Waals surface area contributed by atoms with Crippen LogP contribution in [0.5, 0.6) is 0 Å². The first-order valence-electron chi connectivity index (χ1n) is 5.75. The predicted molar refractivity (Wildman–Crippen MR) is 64.9 cm³/mol. The summed E-state index contributed by atoms with van der Waals surface area (Å²) in [5.41, 5.74) is 0.517. The molecule has 0 fully saturated rings. The van der Waals surface area contributed by atoms with Gasteiger partial charge in [-0.2, -0.15) is 0 Å². The zero-order valence-corrected chi connectivity index (χ0v) is 10.7. The fourth-order valence-electron chi connectivity index (χ4n) is 1.48. The van der Waals surface area contributed by atoms with Crippen LogP contribution in [-0.4, -0.2) is 44.7 Å². The number of furan rings is 1. The molecule has 0 saturated carbocycles. The quantitative estimate of drug-likeness (QED) is 0.723. The highest BCUT2D eigenvalue weighted by atomic mass is 16.5. The summed E-state index contributed by atoms with van der Waals surface area (Å²) in [6.07, 6.45) is 1.52. The van der Waals surface area contributed by atoms with Crippen molar-refractivity contribution < 1.29 is 13.9 Å². The van der Waals surface area contributed by atoms with Gasteiger partial charge in [0.15, 0.2) is 0 Å². The van der Waals surface area contributed by atoms with E-state index in [9.17, 15) is 4.79 Å². The number of nitrogens with one attached hydrogen (secondary N) is 1. The zero-order chi connectivity index (χ0) is 12.7. The number of rotatable bonds is 7. The Bertz CT molecular complexity index is 349. The van der Waals surface area contributed by atoms with Gasteiger partial charge in [0.05, 0.1) is 19.4 Å². The fourth-order valence-corrected chi connectivity index (χ4v) is 1.48. The van der Waals surface area contributed by atoms with Gasteiger partial charge in [-0.1, -0.05) is 0 Å². The molecule has 0 aliphatic carbocycles.